The Morgan fingerprint density at radius 2 is 1.81 bits per heavy atom. The van der Waals surface area contributed by atoms with Gasteiger partial charge in [0.25, 0.3) is 0 Å². The van der Waals surface area contributed by atoms with Crippen LogP contribution in [0.3, 0.4) is 0 Å². The molecule has 5 nitrogen and oxygen atoms in total. The van der Waals surface area contributed by atoms with Crippen LogP contribution in [0.5, 0.6) is 11.5 Å². The van der Waals surface area contributed by atoms with Gasteiger partial charge in [-0.25, -0.2) is 0 Å². The minimum absolute atomic E-state index is 0.536. The summed E-state index contributed by atoms with van der Waals surface area (Å²) >= 11 is 0. The fourth-order valence-electron chi connectivity index (χ4n) is 2.20. The summed E-state index contributed by atoms with van der Waals surface area (Å²) in [4.78, 5) is 0. The van der Waals surface area contributed by atoms with Crippen LogP contribution < -0.4 is 9.47 Å². The second-order valence-corrected chi connectivity index (χ2v) is 5.23. The zero-order valence-corrected chi connectivity index (χ0v) is 13.2. The smallest absolute Gasteiger partial charge is 0.163 e. The van der Waals surface area contributed by atoms with E-state index < -0.39 is 0 Å². The molecule has 2 aromatic rings. The van der Waals surface area contributed by atoms with Gasteiger partial charge < -0.3 is 14.0 Å². The molecule has 0 aliphatic heterocycles. The normalized spacial score (nSPS) is 10.9. The van der Waals surface area contributed by atoms with Crippen molar-refractivity contribution in [1.82, 2.24) is 14.8 Å². The Kier molecular flexibility index (Phi) is 5.20. The molecule has 0 atom stereocenters. The van der Waals surface area contributed by atoms with Crippen LogP contribution in [0.4, 0.5) is 0 Å². The molecule has 0 bridgehead atoms. The summed E-state index contributed by atoms with van der Waals surface area (Å²) < 4.78 is 13.3. The topological polar surface area (TPSA) is 49.2 Å². The van der Waals surface area contributed by atoms with Crippen LogP contribution >= 0.6 is 0 Å². The van der Waals surface area contributed by atoms with E-state index >= 15 is 0 Å². The number of hydrogen-bond donors (Lipinski definition) is 0. The molecule has 5 heteroatoms. The second kappa shape index (κ2) is 7.11. The molecule has 0 radical (unpaired) electrons. The molecule has 1 heterocycles. The maximum Gasteiger partial charge on any atom is 0.163 e. The third kappa shape index (κ3) is 3.74. The number of aromatic nitrogens is 3. The summed E-state index contributed by atoms with van der Waals surface area (Å²) in [6.45, 7) is 10.4. The Bertz CT molecular complexity index is 579. The maximum atomic E-state index is 5.67. The third-order valence-corrected chi connectivity index (χ3v) is 2.98. The first-order valence-corrected chi connectivity index (χ1v) is 7.43. The number of benzene rings is 1. The number of ether oxygens (including phenoxy) is 2. The standard InChI is InChI=1S/C16H23N3O2/c1-5-20-14-8-7-13(9-15(14)21-6-2)16-18-17-11-19(16)10-12(3)4/h7-9,11-12H,5-6,10H2,1-4H3. The van der Waals surface area contributed by atoms with Gasteiger partial charge >= 0.3 is 0 Å². The van der Waals surface area contributed by atoms with E-state index in [2.05, 4.69) is 28.6 Å². The molecule has 0 fully saturated rings. The fraction of sp³-hybridized carbons (Fsp3) is 0.500. The Morgan fingerprint density at radius 1 is 1.10 bits per heavy atom. The van der Waals surface area contributed by atoms with Crippen molar-refractivity contribution >= 4 is 0 Å². The molecular weight excluding hydrogens is 266 g/mol. The summed E-state index contributed by atoms with van der Waals surface area (Å²) in [5, 5.41) is 8.26. The molecule has 1 aromatic carbocycles. The van der Waals surface area contributed by atoms with Gasteiger partial charge in [-0.3, -0.25) is 0 Å². The molecule has 0 amide bonds. The van der Waals surface area contributed by atoms with Gasteiger partial charge in [0.2, 0.25) is 0 Å². The van der Waals surface area contributed by atoms with Crippen molar-refractivity contribution < 1.29 is 9.47 Å². The van der Waals surface area contributed by atoms with E-state index in [0.29, 0.717) is 19.1 Å². The number of hydrogen-bond acceptors (Lipinski definition) is 4. The summed E-state index contributed by atoms with van der Waals surface area (Å²) in [7, 11) is 0. The van der Waals surface area contributed by atoms with Crippen LogP contribution in [-0.2, 0) is 6.54 Å². The van der Waals surface area contributed by atoms with Crippen LogP contribution in [0.25, 0.3) is 11.4 Å². The summed E-state index contributed by atoms with van der Waals surface area (Å²) in [6.07, 6.45) is 1.77. The average molecular weight is 289 g/mol. The molecule has 0 aliphatic rings. The zero-order chi connectivity index (χ0) is 15.2. The highest BCUT2D eigenvalue weighted by molar-refractivity contribution is 5.61. The lowest BCUT2D eigenvalue weighted by Gasteiger charge is -2.13. The molecule has 1 aromatic heterocycles. The first-order valence-electron chi connectivity index (χ1n) is 7.43. The van der Waals surface area contributed by atoms with Crippen molar-refractivity contribution in [1.29, 1.82) is 0 Å². The van der Waals surface area contributed by atoms with Crippen molar-refractivity contribution in [2.75, 3.05) is 13.2 Å². The Hall–Kier alpha value is -2.04. The van der Waals surface area contributed by atoms with Crippen molar-refractivity contribution in [2.45, 2.75) is 34.2 Å². The monoisotopic (exact) mass is 289 g/mol. The lowest BCUT2D eigenvalue weighted by molar-refractivity contribution is 0.288. The number of nitrogens with zero attached hydrogens (tertiary/aromatic N) is 3. The molecule has 0 N–H and O–H groups in total. The zero-order valence-electron chi connectivity index (χ0n) is 13.2. The first kappa shape index (κ1) is 15.4. The Labute approximate surface area is 125 Å². The number of rotatable bonds is 7. The fourth-order valence-corrected chi connectivity index (χ4v) is 2.20. The molecule has 21 heavy (non-hydrogen) atoms. The summed E-state index contributed by atoms with van der Waals surface area (Å²) in [5.41, 5.74) is 0.986. The minimum atomic E-state index is 0.536. The highest BCUT2D eigenvalue weighted by atomic mass is 16.5. The van der Waals surface area contributed by atoms with E-state index in [-0.39, 0.29) is 0 Å². The van der Waals surface area contributed by atoms with Crippen LogP contribution in [0.1, 0.15) is 27.7 Å². The Balaban J connectivity index is 2.36. The van der Waals surface area contributed by atoms with Crippen molar-refractivity contribution in [3.63, 3.8) is 0 Å². The quantitative estimate of drug-likeness (QED) is 0.784. The van der Waals surface area contributed by atoms with Gasteiger partial charge in [0.05, 0.1) is 13.2 Å². The van der Waals surface area contributed by atoms with E-state index in [1.54, 1.807) is 6.33 Å². The van der Waals surface area contributed by atoms with Crippen LogP contribution in [0.15, 0.2) is 24.5 Å². The second-order valence-electron chi connectivity index (χ2n) is 5.23. The van der Waals surface area contributed by atoms with Crippen LogP contribution in [0, 0.1) is 5.92 Å². The maximum absolute atomic E-state index is 5.67. The highest BCUT2D eigenvalue weighted by Gasteiger charge is 2.12. The molecule has 0 spiro atoms. The van der Waals surface area contributed by atoms with E-state index in [4.69, 9.17) is 9.47 Å². The average Bonchev–Trinajstić information content (AvgIpc) is 2.88. The molecule has 2 rings (SSSR count). The largest absolute Gasteiger partial charge is 0.490 e. The molecular formula is C16H23N3O2. The Morgan fingerprint density at radius 3 is 2.48 bits per heavy atom. The van der Waals surface area contributed by atoms with Gasteiger partial charge in [-0.15, -0.1) is 10.2 Å². The molecule has 114 valence electrons. The highest BCUT2D eigenvalue weighted by Crippen LogP contribution is 2.32. The molecule has 0 saturated carbocycles. The van der Waals surface area contributed by atoms with Gasteiger partial charge in [-0.1, -0.05) is 13.8 Å². The van der Waals surface area contributed by atoms with Gasteiger partial charge in [-0.05, 0) is 38.0 Å². The van der Waals surface area contributed by atoms with E-state index in [1.165, 1.54) is 0 Å². The predicted octanol–water partition coefficient (Wildman–Crippen LogP) is 3.40. The van der Waals surface area contributed by atoms with Crippen LogP contribution in [-0.4, -0.2) is 28.0 Å². The lowest BCUT2D eigenvalue weighted by atomic mass is 10.1. The lowest BCUT2D eigenvalue weighted by Crippen LogP contribution is -2.05. The van der Waals surface area contributed by atoms with Crippen molar-refractivity contribution in [3.05, 3.63) is 24.5 Å². The first-order chi connectivity index (χ1) is 10.2. The molecule has 0 saturated heterocycles. The van der Waals surface area contributed by atoms with E-state index in [9.17, 15) is 0 Å². The van der Waals surface area contributed by atoms with Crippen molar-refractivity contribution in [3.8, 4) is 22.9 Å². The molecule has 0 unspecified atom stereocenters. The van der Waals surface area contributed by atoms with Gasteiger partial charge in [0.15, 0.2) is 17.3 Å². The van der Waals surface area contributed by atoms with Gasteiger partial charge in [0, 0.05) is 12.1 Å². The third-order valence-electron chi connectivity index (χ3n) is 2.98. The van der Waals surface area contributed by atoms with Crippen LogP contribution in [0.2, 0.25) is 0 Å². The van der Waals surface area contributed by atoms with Gasteiger partial charge in [-0.2, -0.15) is 0 Å². The van der Waals surface area contributed by atoms with Crippen molar-refractivity contribution in [2.24, 2.45) is 5.92 Å². The minimum Gasteiger partial charge on any atom is -0.490 e. The van der Waals surface area contributed by atoms with Gasteiger partial charge in [0.1, 0.15) is 6.33 Å². The SMILES string of the molecule is CCOc1ccc(-c2nncn2CC(C)C)cc1OCC. The molecule has 0 aliphatic carbocycles. The predicted molar refractivity (Wildman–Crippen MR) is 82.6 cm³/mol. The summed E-state index contributed by atoms with van der Waals surface area (Å²) in [5.74, 6) is 2.90. The summed E-state index contributed by atoms with van der Waals surface area (Å²) in [6, 6.07) is 5.89. The van der Waals surface area contributed by atoms with E-state index in [1.807, 2.05) is 32.0 Å². The van der Waals surface area contributed by atoms with E-state index in [0.717, 1.165) is 29.4 Å².